The van der Waals surface area contributed by atoms with Crippen molar-refractivity contribution in [3.8, 4) is 0 Å². The first-order chi connectivity index (χ1) is 10.3. The smallest absolute Gasteiger partial charge is 0.268 e. The molecule has 2 unspecified atom stereocenters. The molecule has 21 heavy (non-hydrogen) atoms. The van der Waals surface area contributed by atoms with Crippen LogP contribution in [0.2, 0.25) is 0 Å². The Hall–Kier alpha value is -1.29. The maximum absolute atomic E-state index is 12.6. The number of hydrogen-bond donors (Lipinski definition) is 2. The molecule has 2 aliphatic carbocycles. The molecule has 2 saturated carbocycles. The third kappa shape index (κ3) is 3.15. The van der Waals surface area contributed by atoms with Gasteiger partial charge in [-0.05, 0) is 37.8 Å². The second kappa shape index (κ2) is 6.65. The highest BCUT2D eigenvalue weighted by atomic mass is 16.3. The summed E-state index contributed by atoms with van der Waals surface area (Å²) in [6.07, 6.45) is 11.2. The Balaban J connectivity index is 1.69. The zero-order valence-corrected chi connectivity index (χ0v) is 12.6. The molecule has 116 valence electrons. The van der Waals surface area contributed by atoms with Crippen LogP contribution in [0, 0.1) is 5.92 Å². The van der Waals surface area contributed by atoms with Crippen molar-refractivity contribution in [3.63, 3.8) is 0 Å². The van der Waals surface area contributed by atoms with E-state index < -0.39 is 0 Å². The van der Waals surface area contributed by atoms with Gasteiger partial charge in [0.25, 0.3) is 5.91 Å². The summed E-state index contributed by atoms with van der Waals surface area (Å²) in [6.45, 7) is 0.175. The molecule has 0 aromatic carbocycles. The normalized spacial score (nSPS) is 26.9. The lowest BCUT2D eigenvalue weighted by Crippen LogP contribution is -2.44. The summed E-state index contributed by atoms with van der Waals surface area (Å²) in [5.41, 5.74) is 0.782. The fourth-order valence-corrected chi connectivity index (χ4v) is 3.95. The summed E-state index contributed by atoms with van der Waals surface area (Å²) in [4.78, 5) is 12.6. The van der Waals surface area contributed by atoms with E-state index in [9.17, 15) is 9.90 Å². The van der Waals surface area contributed by atoms with E-state index in [0.717, 1.165) is 31.4 Å². The number of aliphatic hydroxyl groups is 1. The molecule has 0 saturated heterocycles. The van der Waals surface area contributed by atoms with Gasteiger partial charge in [-0.15, -0.1) is 0 Å². The van der Waals surface area contributed by atoms with Crippen molar-refractivity contribution in [2.24, 2.45) is 5.92 Å². The number of aliphatic hydroxyl groups excluding tert-OH is 1. The maximum atomic E-state index is 12.6. The van der Waals surface area contributed by atoms with E-state index in [1.165, 1.54) is 25.7 Å². The quantitative estimate of drug-likeness (QED) is 0.896. The van der Waals surface area contributed by atoms with E-state index in [1.807, 2.05) is 18.3 Å². The number of amides is 1. The first-order valence-electron chi connectivity index (χ1n) is 8.38. The van der Waals surface area contributed by atoms with E-state index in [0.29, 0.717) is 6.04 Å². The summed E-state index contributed by atoms with van der Waals surface area (Å²) in [5.74, 6) is 0.245. The van der Waals surface area contributed by atoms with Crippen LogP contribution in [0.1, 0.15) is 67.9 Å². The molecule has 1 heterocycles. The fraction of sp³-hybridized carbons (Fsp3) is 0.706. The molecule has 0 radical (unpaired) electrons. The van der Waals surface area contributed by atoms with Crippen molar-refractivity contribution in [1.82, 2.24) is 9.88 Å². The van der Waals surface area contributed by atoms with Crippen molar-refractivity contribution in [2.75, 3.05) is 6.61 Å². The molecule has 2 N–H and O–H groups in total. The SMILES string of the molecule is O=C(NC1CCCCC1CO)c1cccn1C1CCCC1. The molecular formula is C17H26N2O2. The van der Waals surface area contributed by atoms with Gasteiger partial charge >= 0.3 is 0 Å². The third-order valence-corrected chi connectivity index (χ3v) is 5.19. The van der Waals surface area contributed by atoms with E-state index >= 15 is 0 Å². The van der Waals surface area contributed by atoms with Gasteiger partial charge in [-0.1, -0.05) is 25.7 Å². The number of nitrogens with zero attached hydrogens (tertiary/aromatic N) is 1. The van der Waals surface area contributed by atoms with E-state index in [1.54, 1.807) is 0 Å². The predicted octanol–water partition coefficient (Wildman–Crippen LogP) is 2.88. The summed E-state index contributed by atoms with van der Waals surface area (Å²) in [6, 6.07) is 4.51. The Morgan fingerprint density at radius 3 is 2.67 bits per heavy atom. The molecule has 3 rings (SSSR count). The van der Waals surface area contributed by atoms with Gasteiger partial charge in [-0.2, -0.15) is 0 Å². The summed E-state index contributed by atoms with van der Waals surface area (Å²) < 4.78 is 2.15. The molecule has 1 amide bonds. The maximum Gasteiger partial charge on any atom is 0.268 e. The Kier molecular flexibility index (Phi) is 4.63. The Labute approximate surface area is 126 Å². The highest BCUT2D eigenvalue weighted by Gasteiger charge is 2.28. The minimum absolute atomic E-state index is 0.0252. The van der Waals surface area contributed by atoms with Crippen LogP contribution in [0.25, 0.3) is 0 Å². The van der Waals surface area contributed by atoms with E-state index in [2.05, 4.69) is 9.88 Å². The molecule has 4 heteroatoms. The average molecular weight is 290 g/mol. The van der Waals surface area contributed by atoms with Crippen LogP contribution in [-0.2, 0) is 0 Å². The standard InChI is InChI=1S/C17H26N2O2/c20-12-13-6-1-4-9-15(13)18-17(21)16-10-5-11-19(16)14-7-2-3-8-14/h5,10-11,13-15,20H,1-4,6-9,12H2,(H,18,21). The minimum atomic E-state index is 0.0252. The predicted molar refractivity (Wildman–Crippen MR) is 82.2 cm³/mol. The van der Waals surface area contributed by atoms with E-state index in [-0.39, 0.29) is 24.5 Å². The van der Waals surface area contributed by atoms with Crippen molar-refractivity contribution in [1.29, 1.82) is 0 Å². The highest BCUT2D eigenvalue weighted by Crippen LogP contribution is 2.31. The summed E-state index contributed by atoms with van der Waals surface area (Å²) in [7, 11) is 0. The van der Waals surface area contributed by atoms with Gasteiger partial charge in [0.2, 0.25) is 0 Å². The molecule has 2 aliphatic rings. The first-order valence-corrected chi connectivity index (χ1v) is 8.38. The van der Waals surface area contributed by atoms with Crippen LogP contribution in [0.15, 0.2) is 18.3 Å². The highest BCUT2D eigenvalue weighted by molar-refractivity contribution is 5.93. The largest absolute Gasteiger partial charge is 0.396 e. The number of carbonyl (C=O) groups excluding carboxylic acids is 1. The Bertz CT molecular complexity index is 477. The zero-order chi connectivity index (χ0) is 14.7. The Morgan fingerprint density at radius 1 is 1.19 bits per heavy atom. The number of hydrogen-bond acceptors (Lipinski definition) is 2. The number of carbonyl (C=O) groups is 1. The molecule has 0 aliphatic heterocycles. The van der Waals surface area contributed by atoms with Gasteiger partial charge < -0.3 is 15.0 Å². The Morgan fingerprint density at radius 2 is 1.90 bits per heavy atom. The van der Waals surface area contributed by atoms with Crippen molar-refractivity contribution in [3.05, 3.63) is 24.0 Å². The monoisotopic (exact) mass is 290 g/mol. The molecule has 4 nitrogen and oxygen atoms in total. The second-order valence-electron chi connectivity index (χ2n) is 6.55. The van der Waals surface area contributed by atoms with Gasteiger partial charge in [0.15, 0.2) is 0 Å². The molecular weight excluding hydrogens is 264 g/mol. The van der Waals surface area contributed by atoms with Gasteiger partial charge in [-0.25, -0.2) is 0 Å². The van der Waals surface area contributed by atoms with Gasteiger partial charge in [0.05, 0.1) is 0 Å². The number of aromatic nitrogens is 1. The number of nitrogens with one attached hydrogen (secondary N) is 1. The van der Waals surface area contributed by atoms with Gasteiger partial charge in [0, 0.05) is 30.8 Å². The van der Waals surface area contributed by atoms with Crippen molar-refractivity contribution < 1.29 is 9.90 Å². The summed E-state index contributed by atoms with van der Waals surface area (Å²) >= 11 is 0. The lowest BCUT2D eigenvalue weighted by Gasteiger charge is -2.31. The topological polar surface area (TPSA) is 54.3 Å². The molecule has 1 aromatic heterocycles. The zero-order valence-electron chi connectivity index (χ0n) is 12.6. The van der Waals surface area contributed by atoms with Crippen LogP contribution in [0.5, 0.6) is 0 Å². The molecule has 0 spiro atoms. The fourth-order valence-electron chi connectivity index (χ4n) is 3.95. The van der Waals surface area contributed by atoms with Gasteiger partial charge in [-0.3, -0.25) is 4.79 Å². The van der Waals surface area contributed by atoms with Crippen LogP contribution in [-0.4, -0.2) is 28.2 Å². The molecule has 0 bridgehead atoms. The van der Waals surface area contributed by atoms with Crippen LogP contribution in [0.4, 0.5) is 0 Å². The first kappa shape index (κ1) is 14.6. The lowest BCUT2D eigenvalue weighted by molar-refractivity contribution is 0.0861. The molecule has 1 aromatic rings. The summed E-state index contributed by atoms with van der Waals surface area (Å²) in [5, 5.41) is 12.6. The second-order valence-corrected chi connectivity index (χ2v) is 6.55. The van der Waals surface area contributed by atoms with Crippen LogP contribution >= 0.6 is 0 Å². The number of rotatable bonds is 4. The van der Waals surface area contributed by atoms with Crippen LogP contribution in [0.3, 0.4) is 0 Å². The average Bonchev–Trinajstić information content (AvgIpc) is 3.18. The lowest BCUT2D eigenvalue weighted by atomic mass is 9.85. The van der Waals surface area contributed by atoms with Crippen LogP contribution < -0.4 is 5.32 Å². The van der Waals surface area contributed by atoms with Crippen molar-refractivity contribution in [2.45, 2.75) is 63.5 Å². The molecule has 2 atom stereocenters. The third-order valence-electron chi connectivity index (χ3n) is 5.19. The molecule has 2 fully saturated rings. The van der Waals surface area contributed by atoms with Crippen molar-refractivity contribution >= 4 is 5.91 Å². The van der Waals surface area contributed by atoms with Gasteiger partial charge in [0.1, 0.15) is 5.69 Å². The van der Waals surface area contributed by atoms with E-state index in [4.69, 9.17) is 0 Å². The minimum Gasteiger partial charge on any atom is -0.396 e.